The maximum atomic E-state index is 13.2. The number of benzene rings is 3. The molecule has 0 unspecified atom stereocenters. The predicted octanol–water partition coefficient (Wildman–Crippen LogP) is 5.48. The molecule has 3 aromatic carbocycles. The predicted molar refractivity (Wildman–Crippen MR) is 170 cm³/mol. The van der Waals surface area contributed by atoms with Gasteiger partial charge in [-0.3, -0.25) is 4.79 Å². The minimum absolute atomic E-state index is 0.151. The molecule has 0 spiro atoms. The Hall–Kier alpha value is -4.96. The van der Waals surface area contributed by atoms with Gasteiger partial charge in [-0.25, -0.2) is 4.79 Å². The molecule has 1 fully saturated rings. The maximum absolute atomic E-state index is 13.2. The lowest BCUT2D eigenvalue weighted by atomic mass is 10.00. The van der Waals surface area contributed by atoms with Crippen molar-refractivity contribution in [2.45, 2.75) is 13.3 Å². The number of piperazine rings is 1. The summed E-state index contributed by atoms with van der Waals surface area (Å²) in [4.78, 5) is 27.7. The molecular formula is C34H37N3O7. The van der Waals surface area contributed by atoms with Gasteiger partial charge in [0.15, 0.2) is 11.5 Å². The largest absolute Gasteiger partial charge is 0.497 e. The number of methoxy groups -OCH3 is 4. The van der Waals surface area contributed by atoms with Crippen molar-refractivity contribution in [3.05, 3.63) is 76.9 Å². The average Bonchev–Trinajstić information content (AvgIpc) is 3.30. The van der Waals surface area contributed by atoms with Crippen LogP contribution in [0.25, 0.3) is 17.2 Å². The zero-order chi connectivity index (χ0) is 31.2. The van der Waals surface area contributed by atoms with Crippen LogP contribution in [0.1, 0.15) is 30.0 Å². The SMILES string of the molecule is COc1cccc(NC(=O)CC2=C(C)/C(=C/c3cc(OC)c(OC(=O)N4CCNCC4)c(OC)c3)c3ccc(OC)cc32)c1. The zero-order valence-electron chi connectivity index (χ0n) is 25.6. The van der Waals surface area contributed by atoms with Gasteiger partial charge >= 0.3 is 6.09 Å². The number of anilines is 1. The van der Waals surface area contributed by atoms with Crippen LogP contribution in [0, 0.1) is 0 Å². The highest BCUT2D eigenvalue weighted by Gasteiger charge is 2.27. The van der Waals surface area contributed by atoms with Crippen molar-refractivity contribution in [1.82, 2.24) is 10.2 Å². The Bertz CT molecular complexity index is 1600. The fourth-order valence-corrected chi connectivity index (χ4v) is 5.43. The molecule has 0 saturated carbocycles. The topological polar surface area (TPSA) is 108 Å². The van der Waals surface area contributed by atoms with E-state index in [4.69, 9.17) is 23.7 Å². The molecule has 44 heavy (non-hydrogen) atoms. The first-order valence-electron chi connectivity index (χ1n) is 14.3. The number of nitrogens with one attached hydrogen (secondary N) is 2. The first-order chi connectivity index (χ1) is 21.3. The highest BCUT2D eigenvalue weighted by Crippen LogP contribution is 2.46. The quantitative estimate of drug-likeness (QED) is 0.333. The smallest absolute Gasteiger partial charge is 0.415 e. The van der Waals surface area contributed by atoms with E-state index in [0.717, 1.165) is 33.4 Å². The van der Waals surface area contributed by atoms with Crippen LogP contribution in [-0.4, -0.2) is 71.5 Å². The van der Waals surface area contributed by atoms with Crippen LogP contribution in [0.15, 0.2) is 60.2 Å². The van der Waals surface area contributed by atoms with Gasteiger partial charge in [0.05, 0.1) is 34.9 Å². The Morgan fingerprint density at radius 1 is 0.864 bits per heavy atom. The van der Waals surface area contributed by atoms with Crippen molar-refractivity contribution < 1.29 is 33.3 Å². The summed E-state index contributed by atoms with van der Waals surface area (Å²) in [5, 5.41) is 6.20. The van der Waals surface area contributed by atoms with Crippen molar-refractivity contribution >= 4 is 34.9 Å². The molecule has 1 heterocycles. The Morgan fingerprint density at radius 3 is 2.20 bits per heavy atom. The van der Waals surface area contributed by atoms with Crippen LogP contribution in [0.5, 0.6) is 28.7 Å². The summed E-state index contributed by atoms with van der Waals surface area (Å²) in [6.45, 7) is 4.54. The van der Waals surface area contributed by atoms with E-state index >= 15 is 0 Å². The van der Waals surface area contributed by atoms with E-state index in [2.05, 4.69) is 10.6 Å². The van der Waals surface area contributed by atoms with Crippen LogP contribution >= 0.6 is 0 Å². The van der Waals surface area contributed by atoms with E-state index in [1.807, 2.05) is 49.4 Å². The third kappa shape index (κ3) is 6.50. The van der Waals surface area contributed by atoms with Crippen molar-refractivity contribution in [2.75, 3.05) is 59.9 Å². The summed E-state index contributed by atoms with van der Waals surface area (Å²) in [5.41, 5.74) is 6.13. The molecule has 2 aliphatic rings. The van der Waals surface area contributed by atoms with Crippen LogP contribution in [0.2, 0.25) is 0 Å². The summed E-state index contributed by atoms with van der Waals surface area (Å²) in [7, 11) is 6.25. The van der Waals surface area contributed by atoms with Crippen molar-refractivity contribution in [1.29, 1.82) is 0 Å². The Morgan fingerprint density at radius 2 is 1.55 bits per heavy atom. The first-order valence-corrected chi connectivity index (χ1v) is 14.3. The molecule has 230 valence electrons. The maximum Gasteiger partial charge on any atom is 0.415 e. The number of ether oxygens (including phenoxy) is 5. The number of hydrogen-bond acceptors (Lipinski definition) is 8. The molecule has 3 aromatic rings. The molecule has 0 bridgehead atoms. The Balaban J connectivity index is 1.48. The second-order valence-electron chi connectivity index (χ2n) is 10.4. The minimum atomic E-state index is -0.455. The molecule has 2 amide bonds. The van der Waals surface area contributed by atoms with Crippen molar-refractivity contribution in [2.24, 2.45) is 0 Å². The number of nitrogens with zero attached hydrogens (tertiary/aromatic N) is 1. The molecule has 2 N–H and O–H groups in total. The number of carbonyl (C=O) groups excluding carboxylic acids is 2. The summed E-state index contributed by atoms with van der Waals surface area (Å²) < 4.78 is 27.9. The number of allylic oxidation sites excluding steroid dienone is 2. The number of carbonyl (C=O) groups is 2. The van der Waals surface area contributed by atoms with Gasteiger partial charge in [0.2, 0.25) is 11.7 Å². The van der Waals surface area contributed by atoms with Gasteiger partial charge in [-0.15, -0.1) is 0 Å². The lowest BCUT2D eigenvalue weighted by Crippen LogP contribution is -2.47. The van der Waals surface area contributed by atoms with Gasteiger partial charge < -0.3 is 39.2 Å². The van der Waals surface area contributed by atoms with Gasteiger partial charge in [0, 0.05) is 37.9 Å². The van der Waals surface area contributed by atoms with E-state index < -0.39 is 6.09 Å². The number of fused-ring (bicyclic) bond motifs is 1. The zero-order valence-corrected chi connectivity index (χ0v) is 25.6. The summed E-state index contributed by atoms with van der Waals surface area (Å²) >= 11 is 0. The second kappa shape index (κ2) is 13.6. The molecule has 0 aromatic heterocycles. The molecular weight excluding hydrogens is 562 g/mol. The molecule has 0 radical (unpaired) electrons. The molecule has 10 nitrogen and oxygen atoms in total. The molecule has 1 aliphatic carbocycles. The fourth-order valence-electron chi connectivity index (χ4n) is 5.43. The van der Waals surface area contributed by atoms with E-state index in [-0.39, 0.29) is 18.1 Å². The van der Waals surface area contributed by atoms with E-state index in [1.54, 1.807) is 37.3 Å². The average molecular weight is 600 g/mol. The third-order valence-electron chi connectivity index (χ3n) is 7.75. The Labute approximate surface area is 257 Å². The highest BCUT2D eigenvalue weighted by molar-refractivity contribution is 6.10. The number of amides is 2. The van der Waals surface area contributed by atoms with Gasteiger partial charge in [0.1, 0.15) is 11.5 Å². The fraction of sp³-hybridized carbons (Fsp3) is 0.294. The van der Waals surface area contributed by atoms with Gasteiger partial charge in [0.25, 0.3) is 0 Å². The standard InChI is InChI=1S/C34H37N3O7/c1-21-27(15-22-16-30(42-4)33(31(17-22)43-5)44-34(39)37-13-11-35-12-14-37)26-10-9-25(41-3)19-29(26)28(21)20-32(38)36-23-7-6-8-24(18-23)40-2/h6-10,15-19,35H,11-14,20H2,1-5H3,(H,36,38)/b27-15-. The van der Waals surface area contributed by atoms with Gasteiger partial charge in [-0.1, -0.05) is 12.1 Å². The lowest BCUT2D eigenvalue weighted by molar-refractivity contribution is -0.115. The van der Waals surface area contributed by atoms with E-state index in [0.29, 0.717) is 54.9 Å². The Kier molecular flexibility index (Phi) is 9.40. The third-order valence-corrected chi connectivity index (χ3v) is 7.75. The second-order valence-corrected chi connectivity index (χ2v) is 10.4. The highest BCUT2D eigenvalue weighted by atomic mass is 16.6. The van der Waals surface area contributed by atoms with Crippen LogP contribution < -0.4 is 34.3 Å². The molecule has 1 aliphatic heterocycles. The van der Waals surface area contributed by atoms with Gasteiger partial charge in [-0.2, -0.15) is 0 Å². The summed E-state index contributed by atoms with van der Waals surface area (Å²) in [6.07, 6.45) is 1.72. The molecule has 0 atom stereocenters. The van der Waals surface area contributed by atoms with E-state index in [1.165, 1.54) is 14.2 Å². The van der Waals surface area contributed by atoms with Crippen molar-refractivity contribution in [3.63, 3.8) is 0 Å². The van der Waals surface area contributed by atoms with Crippen molar-refractivity contribution in [3.8, 4) is 28.7 Å². The van der Waals surface area contributed by atoms with E-state index in [9.17, 15) is 9.59 Å². The van der Waals surface area contributed by atoms with Crippen LogP contribution in [-0.2, 0) is 4.79 Å². The normalized spacial score (nSPS) is 15.1. The number of rotatable bonds is 9. The van der Waals surface area contributed by atoms with Crippen LogP contribution in [0.4, 0.5) is 10.5 Å². The lowest BCUT2D eigenvalue weighted by Gasteiger charge is -2.27. The summed E-state index contributed by atoms with van der Waals surface area (Å²) in [5.74, 6) is 2.16. The molecule has 10 heteroatoms. The minimum Gasteiger partial charge on any atom is -0.497 e. The monoisotopic (exact) mass is 599 g/mol. The molecule has 1 saturated heterocycles. The first kappa shape index (κ1) is 30.5. The number of hydrogen-bond donors (Lipinski definition) is 2. The summed E-state index contributed by atoms with van der Waals surface area (Å²) in [6, 6.07) is 16.7. The van der Waals surface area contributed by atoms with Gasteiger partial charge in [-0.05, 0) is 82.8 Å². The van der Waals surface area contributed by atoms with Crippen LogP contribution in [0.3, 0.4) is 0 Å². The molecule has 5 rings (SSSR count).